The molecular formula is C11H15NO4. The maximum Gasteiger partial charge on any atom is 0.337 e. The molecule has 5 nitrogen and oxygen atoms in total. The third-order valence-corrected chi connectivity index (χ3v) is 2.21. The van der Waals surface area contributed by atoms with Crippen LogP contribution in [0.4, 0.5) is 0 Å². The number of nitrogens with two attached hydrogens (primary N) is 1. The summed E-state index contributed by atoms with van der Waals surface area (Å²) < 4.78 is 9.57. The van der Waals surface area contributed by atoms with Gasteiger partial charge in [-0.1, -0.05) is 0 Å². The third kappa shape index (κ3) is 2.43. The van der Waals surface area contributed by atoms with E-state index in [2.05, 4.69) is 4.74 Å². The number of phenolic OH excluding ortho intramolecular Hbond substituents is 1. The van der Waals surface area contributed by atoms with E-state index in [1.807, 2.05) is 0 Å². The second-order valence-electron chi connectivity index (χ2n) is 3.22. The van der Waals surface area contributed by atoms with Crippen molar-refractivity contribution in [1.29, 1.82) is 0 Å². The Morgan fingerprint density at radius 1 is 1.44 bits per heavy atom. The van der Waals surface area contributed by atoms with E-state index in [1.165, 1.54) is 20.3 Å². The molecule has 5 heteroatoms. The smallest absolute Gasteiger partial charge is 0.337 e. The zero-order valence-electron chi connectivity index (χ0n) is 9.32. The van der Waals surface area contributed by atoms with Crippen LogP contribution in [0.3, 0.4) is 0 Å². The summed E-state index contributed by atoms with van der Waals surface area (Å²) in [6.45, 7) is 0.376. The molecule has 0 atom stereocenters. The molecule has 0 spiro atoms. The zero-order chi connectivity index (χ0) is 12.1. The largest absolute Gasteiger partial charge is 0.504 e. The van der Waals surface area contributed by atoms with Gasteiger partial charge in [-0.2, -0.15) is 0 Å². The highest BCUT2D eigenvalue weighted by atomic mass is 16.5. The number of carbonyl (C=O) groups excluding carboxylic acids is 1. The Hall–Kier alpha value is -1.75. The Morgan fingerprint density at radius 3 is 2.62 bits per heavy atom. The van der Waals surface area contributed by atoms with Gasteiger partial charge in [0, 0.05) is 0 Å². The molecule has 0 aromatic heterocycles. The van der Waals surface area contributed by atoms with Crippen molar-refractivity contribution in [1.82, 2.24) is 0 Å². The first-order chi connectivity index (χ1) is 7.63. The van der Waals surface area contributed by atoms with Crippen LogP contribution in [0.5, 0.6) is 11.5 Å². The molecule has 0 aliphatic carbocycles. The molecule has 1 aromatic carbocycles. The monoisotopic (exact) mass is 225 g/mol. The molecule has 0 amide bonds. The lowest BCUT2D eigenvalue weighted by atomic mass is 10.1. The van der Waals surface area contributed by atoms with E-state index in [-0.39, 0.29) is 11.5 Å². The average Bonchev–Trinajstić information content (AvgIpc) is 2.31. The predicted molar refractivity (Wildman–Crippen MR) is 58.8 cm³/mol. The number of carbonyl (C=O) groups is 1. The number of hydrogen-bond acceptors (Lipinski definition) is 5. The fourth-order valence-corrected chi connectivity index (χ4v) is 1.40. The van der Waals surface area contributed by atoms with Gasteiger partial charge < -0.3 is 20.3 Å². The van der Waals surface area contributed by atoms with E-state index >= 15 is 0 Å². The van der Waals surface area contributed by atoms with Gasteiger partial charge in [0.15, 0.2) is 11.5 Å². The van der Waals surface area contributed by atoms with E-state index in [1.54, 1.807) is 6.07 Å². The van der Waals surface area contributed by atoms with Gasteiger partial charge in [-0.25, -0.2) is 4.79 Å². The Labute approximate surface area is 93.8 Å². The zero-order valence-corrected chi connectivity index (χ0v) is 9.32. The van der Waals surface area contributed by atoms with Gasteiger partial charge >= 0.3 is 5.97 Å². The quantitative estimate of drug-likeness (QED) is 0.737. The molecule has 3 N–H and O–H groups in total. The van der Waals surface area contributed by atoms with Gasteiger partial charge in [-0.05, 0) is 30.7 Å². The number of esters is 1. The lowest BCUT2D eigenvalue weighted by Crippen LogP contribution is -2.07. The minimum atomic E-state index is -0.475. The highest BCUT2D eigenvalue weighted by molar-refractivity contribution is 5.90. The highest BCUT2D eigenvalue weighted by Gasteiger charge is 2.14. The first kappa shape index (κ1) is 12.3. The molecule has 0 saturated heterocycles. The van der Waals surface area contributed by atoms with E-state index in [0.29, 0.717) is 24.1 Å². The van der Waals surface area contributed by atoms with Crippen LogP contribution >= 0.6 is 0 Å². The summed E-state index contributed by atoms with van der Waals surface area (Å²) in [6.07, 6.45) is 0.465. The van der Waals surface area contributed by atoms with Crippen molar-refractivity contribution in [3.63, 3.8) is 0 Å². The highest BCUT2D eigenvalue weighted by Crippen LogP contribution is 2.31. The van der Waals surface area contributed by atoms with Crippen molar-refractivity contribution in [2.24, 2.45) is 5.73 Å². The van der Waals surface area contributed by atoms with Crippen molar-refractivity contribution < 1.29 is 19.4 Å². The van der Waals surface area contributed by atoms with Crippen molar-refractivity contribution in [3.8, 4) is 11.5 Å². The first-order valence-corrected chi connectivity index (χ1v) is 4.82. The van der Waals surface area contributed by atoms with Crippen LogP contribution in [-0.2, 0) is 11.2 Å². The van der Waals surface area contributed by atoms with Crippen molar-refractivity contribution in [2.75, 3.05) is 20.8 Å². The molecule has 0 radical (unpaired) electrons. The number of methoxy groups -OCH3 is 2. The van der Waals surface area contributed by atoms with E-state index in [0.717, 1.165) is 0 Å². The summed E-state index contributed by atoms with van der Waals surface area (Å²) in [7, 11) is 2.71. The summed E-state index contributed by atoms with van der Waals surface area (Å²) in [5.41, 5.74) is 6.32. The fourth-order valence-electron chi connectivity index (χ4n) is 1.40. The summed E-state index contributed by atoms with van der Waals surface area (Å²) in [5, 5.41) is 9.77. The van der Waals surface area contributed by atoms with Gasteiger partial charge in [-0.15, -0.1) is 0 Å². The standard InChI is InChI=1S/C11H15NO4/c1-15-9-6-8(11(14)16-2)5-7(3-4-12)10(9)13/h5-6,13H,3-4,12H2,1-2H3. The first-order valence-electron chi connectivity index (χ1n) is 4.82. The summed E-state index contributed by atoms with van der Waals surface area (Å²) in [6, 6.07) is 2.98. The lowest BCUT2D eigenvalue weighted by Gasteiger charge is -2.10. The summed E-state index contributed by atoms with van der Waals surface area (Å²) >= 11 is 0. The second kappa shape index (κ2) is 5.37. The second-order valence-corrected chi connectivity index (χ2v) is 3.22. The summed E-state index contributed by atoms with van der Waals surface area (Å²) in [5.74, 6) is -0.219. The molecule has 1 aromatic rings. The topological polar surface area (TPSA) is 81.8 Å². The molecule has 0 heterocycles. The fraction of sp³-hybridized carbons (Fsp3) is 0.364. The molecule has 0 aliphatic rings. The third-order valence-electron chi connectivity index (χ3n) is 2.21. The van der Waals surface area contributed by atoms with Crippen LogP contribution in [-0.4, -0.2) is 31.8 Å². The molecule has 1 rings (SSSR count). The molecule has 16 heavy (non-hydrogen) atoms. The number of aromatic hydroxyl groups is 1. The minimum Gasteiger partial charge on any atom is -0.504 e. The molecular weight excluding hydrogens is 210 g/mol. The van der Waals surface area contributed by atoms with E-state index in [4.69, 9.17) is 10.5 Å². The Kier molecular flexibility index (Phi) is 4.13. The number of hydrogen-bond donors (Lipinski definition) is 2. The Balaban J connectivity index is 3.22. The van der Waals surface area contributed by atoms with Gasteiger partial charge in [-0.3, -0.25) is 0 Å². The van der Waals surface area contributed by atoms with Crippen molar-refractivity contribution in [2.45, 2.75) is 6.42 Å². The molecule has 88 valence electrons. The molecule has 0 saturated carbocycles. The normalized spacial score (nSPS) is 9.94. The molecule has 0 fully saturated rings. The summed E-state index contributed by atoms with van der Waals surface area (Å²) in [4.78, 5) is 11.4. The number of benzene rings is 1. The van der Waals surface area contributed by atoms with Crippen LogP contribution < -0.4 is 10.5 Å². The predicted octanol–water partition coefficient (Wildman–Crippen LogP) is 0.689. The van der Waals surface area contributed by atoms with Gasteiger partial charge in [0.25, 0.3) is 0 Å². The Bertz CT molecular complexity index is 390. The van der Waals surface area contributed by atoms with Crippen LogP contribution in [0.25, 0.3) is 0 Å². The van der Waals surface area contributed by atoms with Crippen molar-refractivity contribution in [3.05, 3.63) is 23.3 Å². The van der Waals surface area contributed by atoms with Gasteiger partial charge in [0.2, 0.25) is 0 Å². The SMILES string of the molecule is COC(=O)c1cc(CCN)c(O)c(OC)c1. The van der Waals surface area contributed by atoms with Gasteiger partial charge in [0.05, 0.1) is 19.8 Å². The van der Waals surface area contributed by atoms with Gasteiger partial charge in [0.1, 0.15) is 0 Å². The van der Waals surface area contributed by atoms with E-state index < -0.39 is 5.97 Å². The Morgan fingerprint density at radius 2 is 2.12 bits per heavy atom. The number of rotatable bonds is 4. The van der Waals surface area contributed by atoms with Crippen LogP contribution in [0.1, 0.15) is 15.9 Å². The van der Waals surface area contributed by atoms with Crippen LogP contribution in [0.2, 0.25) is 0 Å². The molecule has 0 unspecified atom stereocenters. The molecule has 0 aliphatic heterocycles. The maximum atomic E-state index is 11.4. The number of phenols is 1. The van der Waals surface area contributed by atoms with Crippen molar-refractivity contribution >= 4 is 5.97 Å². The van der Waals surface area contributed by atoms with Crippen LogP contribution in [0.15, 0.2) is 12.1 Å². The van der Waals surface area contributed by atoms with Crippen LogP contribution in [0, 0.1) is 0 Å². The number of ether oxygens (including phenoxy) is 2. The molecule has 0 bridgehead atoms. The average molecular weight is 225 g/mol. The minimum absolute atomic E-state index is 0.0144. The van der Waals surface area contributed by atoms with E-state index in [9.17, 15) is 9.90 Å². The lowest BCUT2D eigenvalue weighted by molar-refractivity contribution is 0.0600. The maximum absolute atomic E-state index is 11.4.